The summed E-state index contributed by atoms with van der Waals surface area (Å²) in [6.07, 6.45) is 0. The molecule has 2 aromatic rings. The Hall–Kier alpha value is -1.48. The van der Waals surface area contributed by atoms with Crippen LogP contribution in [0.3, 0.4) is 0 Å². The molecule has 0 radical (unpaired) electrons. The predicted octanol–water partition coefficient (Wildman–Crippen LogP) is 4.44. The fourth-order valence-electron chi connectivity index (χ4n) is 1.57. The molecule has 0 atom stereocenters. The molecule has 0 spiro atoms. The van der Waals surface area contributed by atoms with E-state index in [2.05, 4.69) is 15.9 Å². The number of ether oxygens (including phenoxy) is 1. The van der Waals surface area contributed by atoms with Gasteiger partial charge in [0, 0.05) is 10.2 Å². The molecule has 2 aromatic carbocycles. The molecule has 0 heterocycles. The van der Waals surface area contributed by atoms with Gasteiger partial charge in [-0.05, 0) is 61.4 Å². The zero-order chi connectivity index (χ0) is 12.4. The third-order valence-electron chi connectivity index (χ3n) is 2.61. The number of halogens is 1. The van der Waals surface area contributed by atoms with Gasteiger partial charge in [0.25, 0.3) is 0 Å². The number of hydrogen-bond acceptors (Lipinski definition) is 2. The molecule has 0 bridgehead atoms. The first-order valence-corrected chi connectivity index (χ1v) is 6.15. The van der Waals surface area contributed by atoms with Crippen molar-refractivity contribution in [1.29, 1.82) is 0 Å². The summed E-state index contributed by atoms with van der Waals surface area (Å²) in [5.41, 5.74) is 8.67. The van der Waals surface area contributed by atoms with Gasteiger partial charge in [-0.1, -0.05) is 15.9 Å². The molecule has 0 aromatic heterocycles. The highest BCUT2D eigenvalue weighted by Crippen LogP contribution is 2.28. The zero-order valence-electron chi connectivity index (χ0n) is 9.83. The van der Waals surface area contributed by atoms with Gasteiger partial charge >= 0.3 is 0 Å². The van der Waals surface area contributed by atoms with Crippen LogP contribution in [0.25, 0.3) is 0 Å². The highest BCUT2D eigenvalue weighted by molar-refractivity contribution is 9.10. The Morgan fingerprint density at radius 3 is 2.41 bits per heavy atom. The normalized spacial score (nSPS) is 10.3. The number of aryl methyl sites for hydroxylation is 2. The molecule has 0 aliphatic rings. The van der Waals surface area contributed by atoms with Crippen molar-refractivity contribution in [1.82, 2.24) is 0 Å². The van der Waals surface area contributed by atoms with E-state index in [1.165, 1.54) is 0 Å². The average Bonchev–Trinajstić information content (AvgIpc) is 2.27. The largest absolute Gasteiger partial charge is 0.457 e. The molecule has 2 nitrogen and oxygen atoms in total. The van der Waals surface area contributed by atoms with Crippen LogP contribution in [0.1, 0.15) is 11.1 Å². The van der Waals surface area contributed by atoms with Crippen LogP contribution < -0.4 is 10.5 Å². The van der Waals surface area contributed by atoms with Crippen molar-refractivity contribution in [2.24, 2.45) is 0 Å². The quantitative estimate of drug-likeness (QED) is 0.830. The summed E-state index contributed by atoms with van der Waals surface area (Å²) < 4.78 is 6.88. The minimum atomic E-state index is 0.782. The Labute approximate surface area is 110 Å². The summed E-state index contributed by atoms with van der Waals surface area (Å²) in [6.45, 7) is 3.99. The summed E-state index contributed by atoms with van der Waals surface area (Å²) in [5.74, 6) is 1.67. The first-order valence-electron chi connectivity index (χ1n) is 5.36. The van der Waals surface area contributed by atoms with Gasteiger partial charge in [-0.25, -0.2) is 0 Å². The highest BCUT2D eigenvalue weighted by atomic mass is 79.9. The molecule has 3 heteroatoms. The Balaban J connectivity index is 2.28. The Bertz CT molecular complexity index is 552. The van der Waals surface area contributed by atoms with E-state index in [0.29, 0.717) is 0 Å². The van der Waals surface area contributed by atoms with Crippen LogP contribution in [0.2, 0.25) is 0 Å². The molecule has 0 saturated heterocycles. The summed E-state index contributed by atoms with van der Waals surface area (Å²) in [7, 11) is 0. The van der Waals surface area contributed by atoms with Crippen molar-refractivity contribution in [3.05, 3.63) is 52.0 Å². The Morgan fingerprint density at radius 2 is 1.76 bits per heavy atom. The topological polar surface area (TPSA) is 35.2 Å². The number of anilines is 1. The van der Waals surface area contributed by atoms with Crippen LogP contribution in [-0.4, -0.2) is 0 Å². The molecule has 2 N–H and O–H groups in total. The van der Waals surface area contributed by atoms with Gasteiger partial charge in [0.2, 0.25) is 0 Å². The fourth-order valence-corrected chi connectivity index (χ4v) is 2.04. The maximum absolute atomic E-state index is 5.82. The molecule has 88 valence electrons. The van der Waals surface area contributed by atoms with Crippen molar-refractivity contribution < 1.29 is 4.74 Å². The lowest BCUT2D eigenvalue weighted by atomic mass is 10.2. The van der Waals surface area contributed by atoms with E-state index < -0.39 is 0 Å². The molecular formula is C14H14BrNO. The standard InChI is InChI=1S/C14H14BrNO/c1-9-8-12(4-5-13(9)16)17-14-6-3-11(15)7-10(14)2/h3-8H,16H2,1-2H3. The molecule has 17 heavy (non-hydrogen) atoms. The molecule has 0 fully saturated rings. The number of benzene rings is 2. The van der Waals surface area contributed by atoms with Crippen LogP contribution >= 0.6 is 15.9 Å². The SMILES string of the molecule is Cc1cc(Oc2ccc(Br)cc2C)ccc1N. The van der Waals surface area contributed by atoms with E-state index in [4.69, 9.17) is 10.5 Å². The van der Waals surface area contributed by atoms with E-state index in [-0.39, 0.29) is 0 Å². The van der Waals surface area contributed by atoms with Gasteiger partial charge < -0.3 is 10.5 Å². The van der Waals surface area contributed by atoms with Crippen molar-refractivity contribution in [3.63, 3.8) is 0 Å². The number of nitrogens with two attached hydrogens (primary N) is 1. The van der Waals surface area contributed by atoms with E-state index in [1.54, 1.807) is 0 Å². The predicted molar refractivity (Wildman–Crippen MR) is 74.5 cm³/mol. The molecule has 0 unspecified atom stereocenters. The minimum Gasteiger partial charge on any atom is -0.457 e. The number of rotatable bonds is 2. The van der Waals surface area contributed by atoms with Crippen LogP contribution in [0, 0.1) is 13.8 Å². The van der Waals surface area contributed by atoms with Crippen molar-refractivity contribution >= 4 is 21.6 Å². The van der Waals surface area contributed by atoms with Crippen molar-refractivity contribution in [2.75, 3.05) is 5.73 Å². The number of hydrogen-bond donors (Lipinski definition) is 1. The van der Waals surface area contributed by atoms with E-state index >= 15 is 0 Å². The maximum atomic E-state index is 5.82. The Morgan fingerprint density at radius 1 is 1.00 bits per heavy atom. The molecule has 0 aliphatic carbocycles. The Kier molecular flexibility index (Phi) is 3.38. The lowest BCUT2D eigenvalue weighted by molar-refractivity contribution is 0.478. The van der Waals surface area contributed by atoms with Crippen molar-refractivity contribution in [2.45, 2.75) is 13.8 Å². The smallest absolute Gasteiger partial charge is 0.130 e. The van der Waals surface area contributed by atoms with E-state index in [1.807, 2.05) is 50.2 Å². The summed E-state index contributed by atoms with van der Waals surface area (Å²) in [5, 5.41) is 0. The van der Waals surface area contributed by atoms with Gasteiger partial charge in [-0.2, -0.15) is 0 Å². The van der Waals surface area contributed by atoms with Gasteiger partial charge in [0.05, 0.1) is 0 Å². The third-order valence-corrected chi connectivity index (χ3v) is 3.10. The van der Waals surface area contributed by atoms with Crippen LogP contribution in [-0.2, 0) is 0 Å². The second-order valence-electron chi connectivity index (χ2n) is 4.03. The van der Waals surface area contributed by atoms with Gasteiger partial charge in [0.1, 0.15) is 11.5 Å². The van der Waals surface area contributed by atoms with Crippen LogP contribution in [0.5, 0.6) is 11.5 Å². The molecule has 0 aliphatic heterocycles. The second kappa shape index (κ2) is 4.80. The van der Waals surface area contributed by atoms with Gasteiger partial charge in [-0.15, -0.1) is 0 Å². The third kappa shape index (κ3) is 2.80. The second-order valence-corrected chi connectivity index (χ2v) is 4.95. The molecule has 0 amide bonds. The van der Waals surface area contributed by atoms with Crippen LogP contribution in [0.4, 0.5) is 5.69 Å². The van der Waals surface area contributed by atoms with Gasteiger partial charge in [0.15, 0.2) is 0 Å². The van der Waals surface area contributed by atoms with E-state index in [9.17, 15) is 0 Å². The molecule has 2 rings (SSSR count). The summed E-state index contributed by atoms with van der Waals surface area (Å²) in [4.78, 5) is 0. The van der Waals surface area contributed by atoms with Gasteiger partial charge in [-0.3, -0.25) is 0 Å². The van der Waals surface area contributed by atoms with E-state index in [0.717, 1.165) is 32.8 Å². The molecule has 0 saturated carbocycles. The minimum absolute atomic E-state index is 0.782. The first-order chi connectivity index (χ1) is 8.06. The highest BCUT2D eigenvalue weighted by Gasteiger charge is 2.03. The number of nitrogen functional groups attached to an aromatic ring is 1. The lowest BCUT2D eigenvalue weighted by Crippen LogP contribution is -1.92. The van der Waals surface area contributed by atoms with Crippen LogP contribution in [0.15, 0.2) is 40.9 Å². The summed E-state index contributed by atoms with van der Waals surface area (Å²) in [6, 6.07) is 11.6. The molecular weight excluding hydrogens is 278 g/mol. The maximum Gasteiger partial charge on any atom is 0.130 e. The fraction of sp³-hybridized carbons (Fsp3) is 0.143. The monoisotopic (exact) mass is 291 g/mol. The first kappa shape index (κ1) is 12.0. The average molecular weight is 292 g/mol. The zero-order valence-corrected chi connectivity index (χ0v) is 11.4. The summed E-state index contributed by atoms with van der Waals surface area (Å²) >= 11 is 3.43. The lowest BCUT2D eigenvalue weighted by Gasteiger charge is -2.10. The van der Waals surface area contributed by atoms with Crippen molar-refractivity contribution in [3.8, 4) is 11.5 Å².